The highest BCUT2D eigenvalue weighted by Gasteiger charge is 2.41. The van der Waals surface area contributed by atoms with Crippen molar-refractivity contribution in [2.75, 3.05) is 0 Å². The molecule has 222 valence electrons. The first-order chi connectivity index (χ1) is 23.7. The van der Waals surface area contributed by atoms with Gasteiger partial charge in [0.1, 0.15) is 0 Å². The van der Waals surface area contributed by atoms with Crippen molar-refractivity contribution in [2.24, 2.45) is 0 Å². The van der Waals surface area contributed by atoms with Gasteiger partial charge in [-0.2, -0.15) is 10.5 Å². The summed E-state index contributed by atoms with van der Waals surface area (Å²) >= 11 is 0. The molecule has 3 aliphatic carbocycles. The van der Waals surface area contributed by atoms with Gasteiger partial charge in [-0.15, -0.1) is 0 Å². The number of aromatic nitrogens is 2. The molecule has 0 saturated heterocycles. The molecule has 4 nitrogen and oxygen atoms in total. The molecular formula is C44H26N4. The first-order valence-electron chi connectivity index (χ1n) is 16.0. The van der Waals surface area contributed by atoms with Gasteiger partial charge in [0.25, 0.3) is 0 Å². The SMILES string of the molecule is N#Cc1ccc2c(c1)C1c3ccccc3C2c2cc(C#N)c(-c3cccc(-c4nc(-c5ccccc5)cc(-c5ccccc5)n4)c3)cc21. The second-order valence-corrected chi connectivity index (χ2v) is 12.4. The molecule has 0 fully saturated rings. The number of hydrogen-bond donors (Lipinski definition) is 0. The van der Waals surface area contributed by atoms with Crippen LogP contribution in [-0.2, 0) is 0 Å². The zero-order valence-electron chi connectivity index (χ0n) is 25.8. The Labute approximate surface area is 278 Å². The van der Waals surface area contributed by atoms with E-state index < -0.39 is 0 Å². The van der Waals surface area contributed by atoms with Gasteiger partial charge in [-0.05, 0) is 80.9 Å². The summed E-state index contributed by atoms with van der Waals surface area (Å²) in [6, 6.07) is 54.4. The minimum Gasteiger partial charge on any atom is -0.228 e. The van der Waals surface area contributed by atoms with Crippen molar-refractivity contribution < 1.29 is 0 Å². The first-order valence-corrected chi connectivity index (χ1v) is 16.0. The van der Waals surface area contributed by atoms with E-state index in [2.05, 4.69) is 91.0 Å². The second kappa shape index (κ2) is 11.0. The molecular weight excluding hydrogens is 585 g/mol. The maximum Gasteiger partial charge on any atom is 0.160 e. The molecule has 2 bridgehead atoms. The first kappa shape index (κ1) is 27.7. The van der Waals surface area contributed by atoms with Crippen LogP contribution in [0, 0.1) is 22.7 Å². The maximum absolute atomic E-state index is 10.5. The molecule has 0 aliphatic heterocycles. The van der Waals surface area contributed by atoms with Crippen LogP contribution in [0.25, 0.3) is 45.0 Å². The van der Waals surface area contributed by atoms with Crippen LogP contribution < -0.4 is 0 Å². The Bertz CT molecular complexity index is 2430. The summed E-state index contributed by atoms with van der Waals surface area (Å²) < 4.78 is 0. The van der Waals surface area contributed by atoms with E-state index in [0.717, 1.165) is 39.2 Å². The standard InChI is InChI=1S/C44H26N4/c45-25-27-18-19-35-37(20-27)43-34-17-8-7-16-33(34)42(35)38-22-32(26-46)36(23-39(38)43)30-14-9-15-31(21-30)44-47-40(28-10-3-1-4-11-28)24-41(48-44)29-12-5-2-6-13-29/h1-24,42-43H. The predicted octanol–water partition coefficient (Wildman–Crippen LogP) is 9.88. The quantitative estimate of drug-likeness (QED) is 0.199. The Hall–Kier alpha value is -6.62. The lowest BCUT2D eigenvalue weighted by atomic mass is 9.60. The smallest absolute Gasteiger partial charge is 0.160 e. The van der Waals surface area contributed by atoms with Crippen LogP contribution in [0.2, 0.25) is 0 Å². The predicted molar refractivity (Wildman–Crippen MR) is 188 cm³/mol. The van der Waals surface area contributed by atoms with Crippen molar-refractivity contribution in [2.45, 2.75) is 11.8 Å². The third kappa shape index (κ3) is 4.36. The molecule has 0 spiro atoms. The number of benzene rings is 6. The fourth-order valence-corrected chi connectivity index (χ4v) is 7.58. The molecule has 2 atom stereocenters. The largest absolute Gasteiger partial charge is 0.228 e. The van der Waals surface area contributed by atoms with Gasteiger partial charge in [0.05, 0.1) is 34.7 Å². The lowest BCUT2D eigenvalue weighted by Gasteiger charge is -2.42. The van der Waals surface area contributed by atoms with Crippen molar-refractivity contribution in [1.82, 2.24) is 9.97 Å². The van der Waals surface area contributed by atoms with Crippen LogP contribution in [0.15, 0.2) is 146 Å². The fraction of sp³-hybridized carbons (Fsp3) is 0.0455. The third-order valence-electron chi connectivity index (χ3n) is 9.72. The zero-order chi connectivity index (χ0) is 32.2. The molecule has 0 N–H and O–H groups in total. The van der Waals surface area contributed by atoms with E-state index >= 15 is 0 Å². The van der Waals surface area contributed by atoms with E-state index in [4.69, 9.17) is 9.97 Å². The van der Waals surface area contributed by atoms with Crippen molar-refractivity contribution in [3.8, 4) is 57.2 Å². The molecule has 48 heavy (non-hydrogen) atoms. The fourth-order valence-electron chi connectivity index (χ4n) is 7.58. The van der Waals surface area contributed by atoms with Crippen LogP contribution in [0.4, 0.5) is 0 Å². The summed E-state index contributed by atoms with van der Waals surface area (Å²) in [6.07, 6.45) is 0. The van der Waals surface area contributed by atoms with Crippen molar-refractivity contribution in [1.29, 1.82) is 10.5 Å². The van der Waals surface area contributed by atoms with Gasteiger partial charge in [-0.3, -0.25) is 0 Å². The molecule has 1 heterocycles. The summed E-state index contributed by atoms with van der Waals surface area (Å²) in [5.41, 5.74) is 15.0. The summed E-state index contributed by atoms with van der Waals surface area (Å²) in [4.78, 5) is 10.1. The maximum atomic E-state index is 10.5. The lowest BCUT2D eigenvalue weighted by Crippen LogP contribution is -2.27. The number of nitrogens with zero attached hydrogens (tertiary/aromatic N) is 4. The summed E-state index contributed by atoms with van der Waals surface area (Å²) in [7, 11) is 0. The van der Waals surface area contributed by atoms with E-state index in [-0.39, 0.29) is 11.8 Å². The second-order valence-electron chi connectivity index (χ2n) is 12.4. The zero-order valence-corrected chi connectivity index (χ0v) is 25.8. The Morgan fingerprint density at radius 1 is 0.417 bits per heavy atom. The van der Waals surface area contributed by atoms with Crippen LogP contribution in [0.3, 0.4) is 0 Å². The Morgan fingerprint density at radius 2 is 0.958 bits per heavy atom. The number of hydrogen-bond acceptors (Lipinski definition) is 4. The Kier molecular flexibility index (Phi) is 6.35. The minimum atomic E-state index is -0.0153. The summed E-state index contributed by atoms with van der Waals surface area (Å²) in [5.74, 6) is 0.625. The monoisotopic (exact) mass is 610 g/mol. The molecule has 10 rings (SSSR count). The highest BCUT2D eigenvalue weighted by molar-refractivity contribution is 5.80. The minimum absolute atomic E-state index is 0.0153. The molecule has 1 aromatic heterocycles. The molecule has 4 heteroatoms. The molecule has 7 aromatic rings. The van der Waals surface area contributed by atoms with Gasteiger partial charge in [0.15, 0.2) is 5.82 Å². The molecule has 2 unspecified atom stereocenters. The lowest BCUT2D eigenvalue weighted by molar-refractivity contribution is 0.754. The van der Waals surface area contributed by atoms with Crippen LogP contribution >= 0.6 is 0 Å². The number of nitriles is 2. The van der Waals surface area contributed by atoms with Crippen LogP contribution in [-0.4, -0.2) is 9.97 Å². The van der Waals surface area contributed by atoms with Gasteiger partial charge in [0.2, 0.25) is 0 Å². The van der Waals surface area contributed by atoms with E-state index in [0.29, 0.717) is 17.0 Å². The molecule has 0 saturated carbocycles. The van der Waals surface area contributed by atoms with E-state index in [1.165, 1.54) is 33.4 Å². The molecule has 3 aliphatic rings. The average Bonchev–Trinajstić information content (AvgIpc) is 3.17. The summed E-state index contributed by atoms with van der Waals surface area (Å²) in [6.45, 7) is 0. The normalized spacial score (nSPS) is 15.0. The van der Waals surface area contributed by atoms with E-state index in [9.17, 15) is 10.5 Å². The number of rotatable bonds is 4. The highest BCUT2D eigenvalue weighted by Crippen LogP contribution is 2.56. The molecule has 6 aromatic carbocycles. The van der Waals surface area contributed by atoms with Gasteiger partial charge in [-0.1, -0.05) is 109 Å². The summed E-state index contributed by atoms with van der Waals surface area (Å²) in [5, 5.41) is 20.3. The topological polar surface area (TPSA) is 73.4 Å². The highest BCUT2D eigenvalue weighted by atomic mass is 14.9. The van der Waals surface area contributed by atoms with Gasteiger partial charge >= 0.3 is 0 Å². The van der Waals surface area contributed by atoms with Crippen molar-refractivity contribution in [3.63, 3.8) is 0 Å². The van der Waals surface area contributed by atoms with Gasteiger partial charge in [-0.25, -0.2) is 9.97 Å². The van der Waals surface area contributed by atoms with Gasteiger partial charge in [0, 0.05) is 28.5 Å². The Balaban J connectivity index is 1.21. The molecule has 0 amide bonds. The van der Waals surface area contributed by atoms with Crippen molar-refractivity contribution >= 4 is 0 Å². The van der Waals surface area contributed by atoms with Crippen molar-refractivity contribution in [3.05, 3.63) is 190 Å². The molecule has 0 radical (unpaired) electrons. The third-order valence-corrected chi connectivity index (χ3v) is 9.72. The van der Waals surface area contributed by atoms with E-state index in [1.54, 1.807) is 0 Å². The van der Waals surface area contributed by atoms with E-state index in [1.807, 2.05) is 66.7 Å². The van der Waals surface area contributed by atoms with Crippen LogP contribution in [0.5, 0.6) is 0 Å². The van der Waals surface area contributed by atoms with Gasteiger partial charge < -0.3 is 0 Å². The van der Waals surface area contributed by atoms with Crippen LogP contribution in [0.1, 0.15) is 56.3 Å². The Morgan fingerprint density at radius 3 is 1.60 bits per heavy atom. The average molecular weight is 611 g/mol.